The highest BCUT2D eigenvalue weighted by Crippen LogP contribution is 2.23. The number of benzene rings is 2. The van der Waals surface area contributed by atoms with Gasteiger partial charge < -0.3 is 4.74 Å². The maximum atomic E-state index is 13.4. The predicted octanol–water partition coefficient (Wildman–Crippen LogP) is 4.15. The molecule has 0 unspecified atom stereocenters. The number of aryl methyl sites for hydroxylation is 1. The average Bonchev–Trinajstić information content (AvgIpc) is 2.36. The lowest BCUT2D eigenvalue weighted by atomic mass is 10.0. The highest BCUT2D eigenvalue weighted by molar-refractivity contribution is 6.10. The minimum atomic E-state index is -0.407. The zero-order valence-corrected chi connectivity index (χ0v) is 11.8. The second kappa shape index (κ2) is 5.87. The lowest BCUT2D eigenvalue weighted by Crippen LogP contribution is -2.11. The smallest absolute Gasteiger partial charge is 0.196 e. The molecule has 0 bridgehead atoms. The number of ether oxygens (including phenoxy) is 1. The number of rotatable bonds is 4. The van der Waals surface area contributed by atoms with Gasteiger partial charge in [0, 0.05) is 5.56 Å². The van der Waals surface area contributed by atoms with Crippen LogP contribution in [-0.2, 0) is 0 Å². The Morgan fingerprint density at radius 3 is 2.50 bits per heavy atom. The molecule has 0 spiro atoms. The third kappa shape index (κ3) is 3.23. The van der Waals surface area contributed by atoms with Crippen molar-refractivity contribution < 1.29 is 13.9 Å². The Labute approximate surface area is 118 Å². The van der Waals surface area contributed by atoms with Crippen LogP contribution >= 0.6 is 0 Å². The lowest BCUT2D eigenvalue weighted by molar-refractivity contribution is 0.103. The zero-order chi connectivity index (χ0) is 14.7. The average molecular weight is 272 g/mol. The molecular formula is C17H17FO2. The van der Waals surface area contributed by atoms with E-state index in [-0.39, 0.29) is 11.9 Å². The number of hydrogen-bond donors (Lipinski definition) is 0. The van der Waals surface area contributed by atoms with Gasteiger partial charge in [0.2, 0.25) is 0 Å². The molecule has 0 amide bonds. The van der Waals surface area contributed by atoms with Gasteiger partial charge in [0.1, 0.15) is 11.6 Å². The van der Waals surface area contributed by atoms with Crippen LogP contribution in [0, 0.1) is 12.7 Å². The van der Waals surface area contributed by atoms with Crippen molar-refractivity contribution >= 4 is 5.78 Å². The van der Waals surface area contributed by atoms with E-state index in [1.165, 1.54) is 12.1 Å². The van der Waals surface area contributed by atoms with Gasteiger partial charge in [0.15, 0.2) is 5.78 Å². The maximum Gasteiger partial charge on any atom is 0.196 e. The highest BCUT2D eigenvalue weighted by Gasteiger charge is 2.16. The number of halogens is 1. The second-order valence-corrected chi connectivity index (χ2v) is 5.01. The fraction of sp³-hybridized carbons (Fsp3) is 0.235. The molecule has 0 heterocycles. The summed E-state index contributed by atoms with van der Waals surface area (Å²) in [6, 6.07) is 11.4. The van der Waals surface area contributed by atoms with Crippen LogP contribution in [-0.4, -0.2) is 11.9 Å². The summed E-state index contributed by atoms with van der Waals surface area (Å²) in [6.45, 7) is 5.55. The number of ketones is 1. The van der Waals surface area contributed by atoms with E-state index in [0.29, 0.717) is 16.9 Å². The van der Waals surface area contributed by atoms with E-state index in [1.54, 1.807) is 31.2 Å². The molecular weight excluding hydrogens is 255 g/mol. The monoisotopic (exact) mass is 272 g/mol. The van der Waals surface area contributed by atoms with Gasteiger partial charge in [-0.05, 0) is 56.7 Å². The van der Waals surface area contributed by atoms with Gasteiger partial charge in [-0.3, -0.25) is 4.79 Å². The van der Waals surface area contributed by atoms with Crippen LogP contribution in [0.2, 0.25) is 0 Å². The van der Waals surface area contributed by atoms with E-state index in [0.717, 1.165) is 5.56 Å². The fourth-order valence-electron chi connectivity index (χ4n) is 2.03. The van der Waals surface area contributed by atoms with Crippen LogP contribution in [0.1, 0.15) is 35.3 Å². The van der Waals surface area contributed by atoms with Gasteiger partial charge in [0.25, 0.3) is 0 Å². The molecule has 0 N–H and O–H groups in total. The molecule has 2 rings (SSSR count). The molecule has 0 radical (unpaired) electrons. The summed E-state index contributed by atoms with van der Waals surface area (Å²) in [5.74, 6) is -0.117. The molecule has 0 atom stereocenters. The summed E-state index contributed by atoms with van der Waals surface area (Å²) in [7, 11) is 0. The Morgan fingerprint density at radius 2 is 1.85 bits per heavy atom. The Bertz CT molecular complexity index is 612. The van der Waals surface area contributed by atoms with Gasteiger partial charge >= 0.3 is 0 Å². The molecule has 20 heavy (non-hydrogen) atoms. The molecule has 0 aliphatic heterocycles. The van der Waals surface area contributed by atoms with Crippen LogP contribution in [0.5, 0.6) is 5.75 Å². The zero-order valence-electron chi connectivity index (χ0n) is 11.8. The SMILES string of the molecule is Cc1cc(F)cc(C(=O)c2ccccc2OC(C)C)c1. The van der Waals surface area contributed by atoms with Crippen molar-refractivity contribution in [2.45, 2.75) is 26.9 Å². The van der Waals surface area contributed by atoms with Gasteiger partial charge in [0.05, 0.1) is 11.7 Å². The maximum absolute atomic E-state index is 13.4. The molecule has 2 nitrogen and oxygen atoms in total. The predicted molar refractivity (Wildman–Crippen MR) is 76.8 cm³/mol. The largest absolute Gasteiger partial charge is 0.490 e. The molecule has 0 aliphatic carbocycles. The first-order valence-corrected chi connectivity index (χ1v) is 6.55. The highest BCUT2D eigenvalue weighted by atomic mass is 19.1. The Hall–Kier alpha value is -2.16. The molecule has 104 valence electrons. The summed E-state index contributed by atoms with van der Waals surface area (Å²) in [4.78, 5) is 12.5. The summed E-state index contributed by atoms with van der Waals surface area (Å²) in [5, 5.41) is 0. The van der Waals surface area contributed by atoms with E-state index in [4.69, 9.17) is 4.74 Å². The lowest BCUT2D eigenvalue weighted by Gasteiger charge is -2.13. The molecule has 2 aromatic carbocycles. The molecule has 2 aromatic rings. The third-order valence-corrected chi connectivity index (χ3v) is 2.80. The Balaban J connectivity index is 2.42. The number of carbonyl (C=O) groups is 1. The van der Waals surface area contributed by atoms with Gasteiger partial charge in [-0.25, -0.2) is 4.39 Å². The topological polar surface area (TPSA) is 26.3 Å². The molecule has 0 aromatic heterocycles. The van der Waals surface area contributed by atoms with Crippen molar-refractivity contribution in [3.05, 3.63) is 65.0 Å². The van der Waals surface area contributed by atoms with E-state index in [9.17, 15) is 9.18 Å². The van der Waals surface area contributed by atoms with E-state index >= 15 is 0 Å². The van der Waals surface area contributed by atoms with Crippen LogP contribution in [0.4, 0.5) is 4.39 Å². The quantitative estimate of drug-likeness (QED) is 0.781. The van der Waals surface area contributed by atoms with Crippen molar-refractivity contribution in [3.8, 4) is 5.75 Å². The first-order valence-electron chi connectivity index (χ1n) is 6.55. The summed E-state index contributed by atoms with van der Waals surface area (Å²) >= 11 is 0. The van der Waals surface area contributed by atoms with Crippen molar-refractivity contribution in [3.63, 3.8) is 0 Å². The first kappa shape index (κ1) is 14.3. The normalized spacial score (nSPS) is 10.7. The first-order chi connectivity index (χ1) is 9.47. The summed E-state index contributed by atoms with van der Waals surface area (Å²) < 4.78 is 19.1. The minimum absolute atomic E-state index is 0.0294. The van der Waals surface area contributed by atoms with Gasteiger partial charge in [-0.15, -0.1) is 0 Å². The molecule has 3 heteroatoms. The van der Waals surface area contributed by atoms with Crippen molar-refractivity contribution in [1.29, 1.82) is 0 Å². The number of hydrogen-bond acceptors (Lipinski definition) is 2. The standard InChI is InChI=1S/C17H17FO2/c1-11(2)20-16-7-5-4-6-15(16)17(19)13-8-12(3)9-14(18)10-13/h4-11H,1-3H3. The van der Waals surface area contributed by atoms with E-state index < -0.39 is 5.82 Å². The molecule has 0 fully saturated rings. The van der Waals surface area contributed by atoms with Crippen LogP contribution in [0.15, 0.2) is 42.5 Å². The molecule has 0 aliphatic rings. The summed E-state index contributed by atoms with van der Waals surface area (Å²) in [6.07, 6.45) is -0.0294. The number of carbonyl (C=O) groups excluding carboxylic acids is 1. The second-order valence-electron chi connectivity index (χ2n) is 5.01. The van der Waals surface area contributed by atoms with Crippen molar-refractivity contribution in [2.75, 3.05) is 0 Å². The minimum Gasteiger partial charge on any atom is -0.490 e. The number of para-hydroxylation sites is 1. The third-order valence-electron chi connectivity index (χ3n) is 2.80. The van der Waals surface area contributed by atoms with Gasteiger partial charge in [-0.2, -0.15) is 0 Å². The van der Waals surface area contributed by atoms with Gasteiger partial charge in [-0.1, -0.05) is 12.1 Å². The van der Waals surface area contributed by atoms with Crippen LogP contribution in [0.25, 0.3) is 0 Å². The summed E-state index contributed by atoms with van der Waals surface area (Å²) in [5.41, 5.74) is 1.50. The Morgan fingerprint density at radius 1 is 1.15 bits per heavy atom. The molecule has 0 saturated carbocycles. The fourth-order valence-corrected chi connectivity index (χ4v) is 2.03. The van der Waals surface area contributed by atoms with E-state index in [2.05, 4.69) is 0 Å². The van der Waals surface area contributed by atoms with Crippen molar-refractivity contribution in [1.82, 2.24) is 0 Å². The van der Waals surface area contributed by atoms with Crippen LogP contribution in [0.3, 0.4) is 0 Å². The van der Waals surface area contributed by atoms with Crippen LogP contribution < -0.4 is 4.74 Å². The van der Waals surface area contributed by atoms with E-state index in [1.807, 2.05) is 19.9 Å². The Kier molecular flexibility index (Phi) is 4.18. The molecule has 0 saturated heterocycles. The van der Waals surface area contributed by atoms with Crippen molar-refractivity contribution in [2.24, 2.45) is 0 Å².